The molecular weight excluding hydrogens is 404 g/mol. The standard InChI is InChI=1S/C26H32N2O4/c1-16-4-7-24-20(12-16)22(29)14-26(32-24)8-10-28(11-9-26)15-23(30)25-17(2)27-21-6-5-18(31-3)13-19(21)25/h4-7,12-13,22-23,27,29-30H,8-11,14-15H2,1-3H3/t22-,23-/m0/s1. The molecule has 2 aliphatic rings. The van der Waals surface area contributed by atoms with Crippen LogP contribution in [0.5, 0.6) is 11.5 Å². The SMILES string of the molecule is COc1ccc2[nH]c(C)c([C@@H](O)CN3CCC4(CC3)C[C@H](O)c3cc(C)ccc3O4)c2c1. The van der Waals surface area contributed by atoms with Crippen LogP contribution in [0.15, 0.2) is 36.4 Å². The molecule has 6 heteroatoms. The monoisotopic (exact) mass is 436 g/mol. The second-order valence-corrected chi connectivity index (χ2v) is 9.44. The molecule has 3 aromatic rings. The molecule has 32 heavy (non-hydrogen) atoms. The first-order valence-corrected chi connectivity index (χ1v) is 11.4. The minimum atomic E-state index is -0.591. The van der Waals surface area contributed by atoms with Gasteiger partial charge in [-0.1, -0.05) is 11.6 Å². The van der Waals surface area contributed by atoms with Gasteiger partial charge in [-0.3, -0.25) is 0 Å². The van der Waals surface area contributed by atoms with Gasteiger partial charge in [0, 0.05) is 53.8 Å². The van der Waals surface area contributed by atoms with Crippen molar-refractivity contribution >= 4 is 10.9 Å². The molecule has 1 spiro atoms. The molecule has 0 aliphatic carbocycles. The van der Waals surface area contributed by atoms with E-state index in [9.17, 15) is 10.2 Å². The Labute approximate surface area is 188 Å². The highest BCUT2D eigenvalue weighted by Crippen LogP contribution is 2.44. The maximum atomic E-state index is 11.1. The molecule has 3 heterocycles. The number of β-amino-alcohol motifs (C(OH)–C–C–N with tert-alkyl or cyclic N) is 1. The number of nitrogens with one attached hydrogen (secondary N) is 1. The number of aromatic amines is 1. The second-order valence-electron chi connectivity index (χ2n) is 9.44. The Balaban J connectivity index is 1.28. The van der Waals surface area contributed by atoms with Crippen LogP contribution < -0.4 is 9.47 Å². The van der Waals surface area contributed by atoms with Crippen molar-refractivity contribution < 1.29 is 19.7 Å². The van der Waals surface area contributed by atoms with E-state index in [1.807, 2.05) is 50.2 Å². The van der Waals surface area contributed by atoms with Crippen LogP contribution in [0.3, 0.4) is 0 Å². The summed E-state index contributed by atoms with van der Waals surface area (Å²) in [7, 11) is 1.66. The van der Waals surface area contributed by atoms with Crippen molar-refractivity contribution in [2.45, 2.75) is 50.9 Å². The highest BCUT2D eigenvalue weighted by atomic mass is 16.5. The van der Waals surface area contributed by atoms with E-state index in [0.717, 1.165) is 70.7 Å². The van der Waals surface area contributed by atoms with E-state index in [2.05, 4.69) is 9.88 Å². The largest absolute Gasteiger partial charge is 0.497 e. The van der Waals surface area contributed by atoms with Crippen molar-refractivity contribution in [2.24, 2.45) is 0 Å². The number of aryl methyl sites for hydroxylation is 2. The van der Waals surface area contributed by atoms with E-state index in [-0.39, 0.29) is 5.60 Å². The van der Waals surface area contributed by atoms with E-state index < -0.39 is 12.2 Å². The number of fused-ring (bicyclic) bond motifs is 2. The lowest BCUT2D eigenvalue weighted by Gasteiger charge is -2.46. The van der Waals surface area contributed by atoms with Gasteiger partial charge in [-0.2, -0.15) is 0 Å². The van der Waals surface area contributed by atoms with Crippen LogP contribution in [-0.4, -0.2) is 52.4 Å². The normalized spacial score (nSPS) is 21.3. The molecule has 0 bridgehead atoms. The molecule has 5 rings (SSSR count). The van der Waals surface area contributed by atoms with Gasteiger partial charge in [-0.15, -0.1) is 0 Å². The van der Waals surface area contributed by atoms with Crippen LogP contribution in [-0.2, 0) is 0 Å². The number of piperidine rings is 1. The van der Waals surface area contributed by atoms with Crippen molar-refractivity contribution in [3.05, 3.63) is 58.8 Å². The Kier molecular flexibility index (Phi) is 5.40. The number of ether oxygens (including phenoxy) is 2. The summed E-state index contributed by atoms with van der Waals surface area (Å²) in [5.41, 5.74) is 4.64. The van der Waals surface area contributed by atoms with Crippen molar-refractivity contribution in [3.63, 3.8) is 0 Å². The zero-order chi connectivity index (χ0) is 22.5. The number of aromatic nitrogens is 1. The number of aliphatic hydroxyl groups is 2. The third-order valence-corrected chi connectivity index (χ3v) is 7.19. The van der Waals surface area contributed by atoms with Crippen LogP contribution in [0.4, 0.5) is 0 Å². The van der Waals surface area contributed by atoms with Gasteiger partial charge in [0.1, 0.15) is 17.1 Å². The molecule has 2 aromatic carbocycles. The molecule has 1 fully saturated rings. The number of aliphatic hydroxyl groups excluding tert-OH is 2. The molecule has 0 unspecified atom stereocenters. The average molecular weight is 437 g/mol. The predicted molar refractivity (Wildman–Crippen MR) is 124 cm³/mol. The number of nitrogens with zero attached hydrogens (tertiary/aromatic N) is 1. The first kappa shape index (κ1) is 21.3. The Hall–Kier alpha value is -2.54. The van der Waals surface area contributed by atoms with E-state index in [1.54, 1.807) is 7.11 Å². The molecule has 6 nitrogen and oxygen atoms in total. The summed E-state index contributed by atoms with van der Waals surface area (Å²) in [5, 5.41) is 22.9. The molecule has 1 saturated heterocycles. The van der Waals surface area contributed by atoms with Gasteiger partial charge < -0.3 is 29.6 Å². The Morgan fingerprint density at radius 2 is 1.97 bits per heavy atom. The van der Waals surface area contributed by atoms with Crippen LogP contribution in [0.25, 0.3) is 10.9 Å². The van der Waals surface area contributed by atoms with Crippen molar-refractivity contribution in [3.8, 4) is 11.5 Å². The van der Waals surface area contributed by atoms with E-state index >= 15 is 0 Å². The summed E-state index contributed by atoms with van der Waals surface area (Å²) in [6.07, 6.45) is 1.22. The minimum Gasteiger partial charge on any atom is -0.497 e. The zero-order valence-corrected chi connectivity index (χ0v) is 19.0. The molecule has 2 atom stereocenters. The Morgan fingerprint density at radius 1 is 1.19 bits per heavy atom. The number of hydrogen-bond acceptors (Lipinski definition) is 5. The molecular formula is C26H32N2O4. The van der Waals surface area contributed by atoms with Crippen LogP contribution in [0, 0.1) is 13.8 Å². The van der Waals surface area contributed by atoms with E-state index in [1.165, 1.54) is 0 Å². The summed E-state index contributed by atoms with van der Waals surface area (Å²) in [6.45, 7) is 6.27. The van der Waals surface area contributed by atoms with Crippen LogP contribution in [0.1, 0.15) is 53.9 Å². The Bertz CT molecular complexity index is 1130. The van der Waals surface area contributed by atoms with Gasteiger partial charge in [-0.05, 0) is 57.0 Å². The lowest BCUT2D eigenvalue weighted by molar-refractivity contribution is -0.0587. The first-order chi connectivity index (χ1) is 15.4. The lowest BCUT2D eigenvalue weighted by Crippen LogP contribution is -2.51. The first-order valence-electron chi connectivity index (χ1n) is 11.4. The fourth-order valence-electron chi connectivity index (χ4n) is 5.43. The van der Waals surface area contributed by atoms with Gasteiger partial charge in [0.15, 0.2) is 0 Å². The maximum absolute atomic E-state index is 11.1. The highest BCUT2D eigenvalue weighted by Gasteiger charge is 2.43. The molecule has 0 amide bonds. The number of methoxy groups -OCH3 is 1. The van der Waals surface area contributed by atoms with E-state index in [0.29, 0.717) is 13.0 Å². The molecule has 2 aliphatic heterocycles. The number of benzene rings is 2. The zero-order valence-electron chi connectivity index (χ0n) is 19.0. The molecule has 3 N–H and O–H groups in total. The van der Waals surface area contributed by atoms with Gasteiger partial charge in [-0.25, -0.2) is 0 Å². The summed E-state index contributed by atoms with van der Waals surface area (Å²) in [6, 6.07) is 12.0. The number of rotatable bonds is 4. The van der Waals surface area contributed by atoms with Gasteiger partial charge in [0.05, 0.1) is 19.3 Å². The summed E-state index contributed by atoms with van der Waals surface area (Å²) in [4.78, 5) is 5.68. The molecule has 1 aromatic heterocycles. The average Bonchev–Trinajstić information content (AvgIpc) is 3.11. The summed E-state index contributed by atoms with van der Waals surface area (Å²) in [5.74, 6) is 1.60. The summed E-state index contributed by atoms with van der Waals surface area (Å²) < 4.78 is 11.8. The third-order valence-electron chi connectivity index (χ3n) is 7.19. The van der Waals surface area contributed by atoms with Gasteiger partial charge >= 0.3 is 0 Å². The smallest absolute Gasteiger partial charge is 0.125 e. The van der Waals surface area contributed by atoms with Crippen molar-refractivity contribution in [1.29, 1.82) is 0 Å². The number of H-pyrrole nitrogens is 1. The Morgan fingerprint density at radius 3 is 2.72 bits per heavy atom. The molecule has 170 valence electrons. The van der Waals surface area contributed by atoms with Crippen LogP contribution >= 0.6 is 0 Å². The van der Waals surface area contributed by atoms with Crippen molar-refractivity contribution in [1.82, 2.24) is 9.88 Å². The fourth-order valence-corrected chi connectivity index (χ4v) is 5.43. The molecule has 0 radical (unpaired) electrons. The molecule has 0 saturated carbocycles. The van der Waals surface area contributed by atoms with Crippen LogP contribution in [0.2, 0.25) is 0 Å². The third kappa shape index (κ3) is 3.76. The highest BCUT2D eigenvalue weighted by molar-refractivity contribution is 5.86. The summed E-state index contributed by atoms with van der Waals surface area (Å²) >= 11 is 0. The topological polar surface area (TPSA) is 78.0 Å². The number of hydrogen-bond donors (Lipinski definition) is 3. The van der Waals surface area contributed by atoms with Crippen molar-refractivity contribution in [2.75, 3.05) is 26.7 Å². The lowest BCUT2D eigenvalue weighted by atomic mass is 9.81. The van der Waals surface area contributed by atoms with Gasteiger partial charge in [0.2, 0.25) is 0 Å². The quantitative estimate of drug-likeness (QED) is 0.572. The minimum absolute atomic E-state index is 0.326. The second kappa shape index (κ2) is 8.10. The predicted octanol–water partition coefficient (Wildman–Crippen LogP) is 4.18. The van der Waals surface area contributed by atoms with Gasteiger partial charge in [0.25, 0.3) is 0 Å². The van der Waals surface area contributed by atoms with E-state index in [4.69, 9.17) is 9.47 Å². The maximum Gasteiger partial charge on any atom is 0.125 e. The number of likely N-dealkylation sites (tertiary alicyclic amines) is 1. The fraction of sp³-hybridized carbons (Fsp3) is 0.462.